The van der Waals surface area contributed by atoms with Crippen LogP contribution in [0.4, 0.5) is 5.13 Å². The number of aliphatic hydroxyl groups excluding tert-OH is 1. The number of nitrogens with one attached hydrogen (secondary N) is 2. The molecular weight excluding hydrogens is 336 g/mol. The molecule has 0 unspecified atom stereocenters. The van der Waals surface area contributed by atoms with Gasteiger partial charge in [0.25, 0.3) is 5.91 Å². The van der Waals surface area contributed by atoms with Crippen LogP contribution in [-0.2, 0) is 4.79 Å². The second-order valence-electron chi connectivity index (χ2n) is 5.44. The first kappa shape index (κ1) is 15.5. The molecule has 124 valence electrons. The number of rotatable bonds is 4. The first-order chi connectivity index (χ1) is 12.2. The Morgan fingerprint density at radius 1 is 1.20 bits per heavy atom. The number of hydrogen-bond donors (Lipinski definition) is 3. The minimum Gasteiger partial charge on any atom is -0.378 e. The lowest BCUT2D eigenvalue weighted by atomic mass is 10.1. The summed E-state index contributed by atoms with van der Waals surface area (Å²) in [5, 5.41) is 16.1. The third-order valence-electron chi connectivity index (χ3n) is 3.83. The number of hydrogen-bond acceptors (Lipinski definition) is 5. The van der Waals surface area contributed by atoms with Gasteiger partial charge in [0.15, 0.2) is 11.2 Å². The van der Waals surface area contributed by atoms with Crippen molar-refractivity contribution in [3.8, 4) is 11.3 Å². The van der Waals surface area contributed by atoms with Crippen LogP contribution in [-0.4, -0.2) is 26.0 Å². The van der Waals surface area contributed by atoms with E-state index in [2.05, 4.69) is 20.3 Å². The number of benzene rings is 1. The number of aliphatic hydroxyl groups is 1. The Hall–Kier alpha value is -3.03. The average molecular weight is 350 g/mol. The predicted molar refractivity (Wildman–Crippen MR) is 97.2 cm³/mol. The van der Waals surface area contributed by atoms with Crippen molar-refractivity contribution in [3.05, 3.63) is 65.8 Å². The molecule has 0 aliphatic carbocycles. The second-order valence-corrected chi connectivity index (χ2v) is 6.30. The molecule has 0 spiro atoms. The van der Waals surface area contributed by atoms with Gasteiger partial charge < -0.3 is 10.1 Å². The fourth-order valence-electron chi connectivity index (χ4n) is 2.58. The van der Waals surface area contributed by atoms with Gasteiger partial charge in [-0.15, -0.1) is 11.3 Å². The van der Waals surface area contributed by atoms with Gasteiger partial charge in [-0.25, -0.2) is 9.97 Å². The summed E-state index contributed by atoms with van der Waals surface area (Å²) in [6.07, 6.45) is 2.34. The number of anilines is 1. The Labute approximate surface area is 147 Å². The molecule has 0 saturated carbocycles. The van der Waals surface area contributed by atoms with Crippen molar-refractivity contribution in [3.63, 3.8) is 0 Å². The molecule has 1 aromatic carbocycles. The first-order valence-corrected chi connectivity index (χ1v) is 8.52. The molecule has 3 N–H and O–H groups in total. The summed E-state index contributed by atoms with van der Waals surface area (Å²) in [7, 11) is 0. The molecule has 0 fully saturated rings. The van der Waals surface area contributed by atoms with Gasteiger partial charge in [0, 0.05) is 28.7 Å². The molecule has 3 heterocycles. The lowest BCUT2D eigenvalue weighted by Crippen LogP contribution is -2.20. The third-order valence-corrected chi connectivity index (χ3v) is 4.58. The van der Waals surface area contributed by atoms with Crippen molar-refractivity contribution in [1.29, 1.82) is 0 Å². The maximum Gasteiger partial charge on any atom is 0.259 e. The van der Waals surface area contributed by atoms with Gasteiger partial charge in [-0.3, -0.25) is 10.1 Å². The number of nitrogens with zero attached hydrogens (tertiary/aromatic N) is 2. The zero-order chi connectivity index (χ0) is 17.2. The summed E-state index contributed by atoms with van der Waals surface area (Å²) in [6, 6.07) is 12.6. The summed E-state index contributed by atoms with van der Waals surface area (Å²) in [4.78, 5) is 24.0. The van der Waals surface area contributed by atoms with E-state index in [1.807, 2.05) is 29.8 Å². The Morgan fingerprint density at radius 3 is 2.88 bits per heavy atom. The van der Waals surface area contributed by atoms with Gasteiger partial charge in [-0.1, -0.05) is 30.3 Å². The van der Waals surface area contributed by atoms with Crippen LogP contribution >= 0.6 is 11.3 Å². The second kappa shape index (κ2) is 6.46. The number of H-pyrrole nitrogens is 1. The molecule has 1 amide bonds. The normalized spacial score (nSPS) is 12.2. The Morgan fingerprint density at radius 2 is 2.04 bits per heavy atom. The summed E-state index contributed by atoms with van der Waals surface area (Å²) in [5.74, 6) is -0.507. The van der Waals surface area contributed by atoms with E-state index in [-0.39, 0.29) is 0 Å². The van der Waals surface area contributed by atoms with Crippen LogP contribution < -0.4 is 5.32 Å². The van der Waals surface area contributed by atoms with E-state index in [9.17, 15) is 9.90 Å². The van der Waals surface area contributed by atoms with E-state index < -0.39 is 12.0 Å². The highest BCUT2D eigenvalue weighted by Gasteiger charge is 2.19. The number of carbonyl (C=O) groups excluding carboxylic acids is 1. The van der Waals surface area contributed by atoms with Gasteiger partial charge in [0.2, 0.25) is 0 Å². The van der Waals surface area contributed by atoms with Crippen molar-refractivity contribution < 1.29 is 9.90 Å². The van der Waals surface area contributed by atoms with Crippen LogP contribution in [0, 0.1) is 0 Å². The minimum absolute atomic E-state index is 0.438. The molecule has 0 radical (unpaired) electrons. The van der Waals surface area contributed by atoms with Crippen LogP contribution in [0.5, 0.6) is 0 Å². The molecule has 7 heteroatoms. The van der Waals surface area contributed by atoms with E-state index in [1.165, 1.54) is 11.3 Å². The minimum atomic E-state index is -1.23. The number of aromatic nitrogens is 3. The van der Waals surface area contributed by atoms with E-state index >= 15 is 0 Å². The third kappa shape index (κ3) is 3.02. The van der Waals surface area contributed by atoms with Crippen molar-refractivity contribution in [2.75, 3.05) is 5.32 Å². The monoisotopic (exact) mass is 350 g/mol. The fourth-order valence-corrected chi connectivity index (χ4v) is 3.30. The number of aromatic amines is 1. The zero-order valence-corrected chi connectivity index (χ0v) is 13.8. The van der Waals surface area contributed by atoms with Gasteiger partial charge >= 0.3 is 0 Å². The maximum atomic E-state index is 12.2. The van der Waals surface area contributed by atoms with Crippen LogP contribution in [0.2, 0.25) is 0 Å². The number of fused-ring (bicyclic) bond motifs is 1. The van der Waals surface area contributed by atoms with E-state index in [1.54, 1.807) is 30.5 Å². The molecule has 4 rings (SSSR count). The molecule has 1 atom stereocenters. The van der Waals surface area contributed by atoms with Crippen molar-refractivity contribution in [2.45, 2.75) is 6.10 Å². The quantitative estimate of drug-likeness (QED) is 0.526. The largest absolute Gasteiger partial charge is 0.378 e. The number of amides is 1. The number of thiazole rings is 1. The van der Waals surface area contributed by atoms with E-state index in [4.69, 9.17) is 0 Å². The predicted octanol–water partition coefficient (Wildman–Crippen LogP) is 3.36. The Bertz CT molecular complexity index is 1030. The van der Waals surface area contributed by atoms with Crippen molar-refractivity contribution >= 4 is 33.4 Å². The number of pyridine rings is 1. The standard InChI is InChI=1S/C18H14N4O2S/c23-15(11-5-2-1-3-6-11)17(24)22-18-21-14(10-25-18)13-9-20-16-12(13)7-4-8-19-16/h1-10,15,23H,(H,19,20)(H,21,22,24)/t15-/m1/s1. The highest BCUT2D eigenvalue weighted by molar-refractivity contribution is 7.14. The lowest BCUT2D eigenvalue weighted by molar-refractivity contribution is -0.124. The fraction of sp³-hybridized carbons (Fsp3) is 0.0556. The Kier molecular flexibility index (Phi) is 4.01. The van der Waals surface area contributed by atoms with Crippen molar-refractivity contribution in [1.82, 2.24) is 15.0 Å². The van der Waals surface area contributed by atoms with Gasteiger partial charge in [-0.2, -0.15) is 0 Å². The SMILES string of the molecule is O=C(Nc1nc(-c2c[nH]c3ncccc23)cs1)[C@H](O)c1ccccc1. The number of carbonyl (C=O) groups is 1. The van der Waals surface area contributed by atoms with Crippen molar-refractivity contribution in [2.24, 2.45) is 0 Å². The van der Waals surface area contributed by atoms with Gasteiger partial charge in [0.1, 0.15) is 5.65 Å². The summed E-state index contributed by atoms with van der Waals surface area (Å²) < 4.78 is 0. The summed E-state index contributed by atoms with van der Waals surface area (Å²) in [6.45, 7) is 0. The molecule has 4 aromatic rings. The molecule has 0 aliphatic rings. The van der Waals surface area contributed by atoms with Gasteiger partial charge in [-0.05, 0) is 17.7 Å². The molecule has 25 heavy (non-hydrogen) atoms. The molecule has 6 nitrogen and oxygen atoms in total. The van der Waals surface area contributed by atoms with Crippen LogP contribution in [0.1, 0.15) is 11.7 Å². The van der Waals surface area contributed by atoms with Crippen LogP contribution in [0.15, 0.2) is 60.2 Å². The lowest BCUT2D eigenvalue weighted by Gasteiger charge is -2.09. The smallest absolute Gasteiger partial charge is 0.259 e. The van der Waals surface area contributed by atoms with E-state index in [0.717, 1.165) is 22.3 Å². The van der Waals surface area contributed by atoms with Crippen LogP contribution in [0.25, 0.3) is 22.3 Å². The zero-order valence-electron chi connectivity index (χ0n) is 13.0. The van der Waals surface area contributed by atoms with E-state index in [0.29, 0.717) is 10.7 Å². The molecule has 0 aliphatic heterocycles. The summed E-state index contributed by atoms with van der Waals surface area (Å²) >= 11 is 1.31. The topological polar surface area (TPSA) is 90.9 Å². The summed E-state index contributed by atoms with van der Waals surface area (Å²) in [5.41, 5.74) is 2.99. The average Bonchev–Trinajstić information content (AvgIpc) is 3.28. The maximum absolute atomic E-state index is 12.2. The molecule has 0 bridgehead atoms. The molecule has 3 aromatic heterocycles. The van der Waals surface area contributed by atoms with Gasteiger partial charge in [0.05, 0.1) is 5.69 Å². The highest BCUT2D eigenvalue weighted by Crippen LogP contribution is 2.30. The van der Waals surface area contributed by atoms with Crippen LogP contribution in [0.3, 0.4) is 0 Å². The molecular formula is C18H14N4O2S. The highest BCUT2D eigenvalue weighted by atomic mass is 32.1. The first-order valence-electron chi connectivity index (χ1n) is 7.64. The Balaban J connectivity index is 1.55. The molecule has 0 saturated heterocycles.